The summed E-state index contributed by atoms with van der Waals surface area (Å²) in [5, 5.41) is 0. The molecule has 0 aromatic carbocycles. The number of ether oxygens (including phenoxy) is 2. The molecule has 27 heavy (non-hydrogen) atoms. The second-order valence-electron chi connectivity index (χ2n) is 9.66. The Kier molecular flexibility index (Phi) is 4.25. The second kappa shape index (κ2) is 6.12. The molecule has 6 fully saturated rings. The molecule has 0 radical (unpaired) electrons. The van der Waals surface area contributed by atoms with Crippen LogP contribution in [0.15, 0.2) is 0 Å². The van der Waals surface area contributed by atoms with Crippen LogP contribution in [0.2, 0.25) is 0 Å². The minimum absolute atomic E-state index is 0.135. The zero-order chi connectivity index (χ0) is 19.0. The van der Waals surface area contributed by atoms with Crippen LogP contribution >= 0.6 is 0 Å². The fraction of sp³-hybridized carbons (Fsp3) is 1.00. The third-order valence-corrected chi connectivity index (χ3v) is 9.42. The van der Waals surface area contributed by atoms with Gasteiger partial charge in [0.15, 0.2) is 21.7 Å². The predicted molar refractivity (Wildman–Crippen MR) is 97.3 cm³/mol. The molecule has 5 aliphatic heterocycles. The van der Waals surface area contributed by atoms with Crippen molar-refractivity contribution in [3.8, 4) is 0 Å². The summed E-state index contributed by atoms with van der Waals surface area (Å²) < 4.78 is 36.5. The number of nitrogens with zero attached hydrogens (tertiary/aromatic N) is 1. The van der Waals surface area contributed by atoms with Gasteiger partial charge in [-0.15, -0.1) is 0 Å². The standard InChI is InChI=1S/C19H31NO6S/c1-12-4-5-14-13(2)16(20-6-8-27(21,22)9-7-20)24-17-19(14)15(12)10-18(3,11-23-17)25-26-19/h12-17H,4-11H2,1-3H3/t12?,13?,14?,15?,16?,17?,18-,19+/m1/s1. The predicted octanol–water partition coefficient (Wildman–Crippen LogP) is 1.58. The van der Waals surface area contributed by atoms with Crippen molar-refractivity contribution in [3.63, 3.8) is 0 Å². The summed E-state index contributed by atoms with van der Waals surface area (Å²) in [6, 6.07) is 0. The molecule has 2 bridgehead atoms. The molecule has 5 heterocycles. The Balaban J connectivity index is 1.48. The highest BCUT2D eigenvalue weighted by Crippen LogP contribution is 2.60. The van der Waals surface area contributed by atoms with Crippen LogP contribution in [0.3, 0.4) is 0 Å². The molecule has 0 aromatic heterocycles. The van der Waals surface area contributed by atoms with E-state index in [1.165, 1.54) is 6.42 Å². The van der Waals surface area contributed by atoms with E-state index in [4.69, 9.17) is 19.2 Å². The number of hydrogen-bond donors (Lipinski definition) is 0. The van der Waals surface area contributed by atoms with Crippen molar-refractivity contribution in [2.24, 2.45) is 23.7 Å². The average molecular weight is 402 g/mol. The molecule has 8 atom stereocenters. The highest BCUT2D eigenvalue weighted by Gasteiger charge is 2.69. The van der Waals surface area contributed by atoms with Crippen LogP contribution in [0.25, 0.3) is 0 Å². The van der Waals surface area contributed by atoms with Crippen LogP contribution in [0.5, 0.6) is 0 Å². The Bertz CT molecular complexity index is 701. The number of sulfone groups is 1. The number of fused-ring (bicyclic) bond motifs is 2. The van der Waals surface area contributed by atoms with Crippen LogP contribution in [-0.4, -0.2) is 68.2 Å². The Labute approximate surface area is 161 Å². The highest BCUT2D eigenvalue weighted by molar-refractivity contribution is 7.91. The van der Waals surface area contributed by atoms with Crippen molar-refractivity contribution in [1.29, 1.82) is 0 Å². The first-order chi connectivity index (χ1) is 12.7. The zero-order valence-corrected chi connectivity index (χ0v) is 17.2. The average Bonchev–Trinajstić information content (AvgIpc) is 2.84. The normalized spacial score (nSPS) is 54.9. The van der Waals surface area contributed by atoms with Gasteiger partial charge in [0.2, 0.25) is 0 Å². The maximum Gasteiger partial charge on any atom is 0.192 e. The van der Waals surface area contributed by atoms with Crippen LogP contribution in [0.4, 0.5) is 0 Å². The molecule has 6 aliphatic rings. The van der Waals surface area contributed by atoms with Crippen LogP contribution in [-0.2, 0) is 29.1 Å². The first-order valence-electron chi connectivity index (χ1n) is 10.3. The monoisotopic (exact) mass is 401 g/mol. The fourth-order valence-corrected chi connectivity index (χ4v) is 7.50. The maximum atomic E-state index is 11.9. The molecule has 5 saturated heterocycles. The van der Waals surface area contributed by atoms with E-state index in [1.54, 1.807) is 0 Å². The molecule has 6 unspecified atom stereocenters. The summed E-state index contributed by atoms with van der Waals surface area (Å²) in [6.45, 7) is 8.11. The first-order valence-corrected chi connectivity index (χ1v) is 12.1. The topological polar surface area (TPSA) is 74.3 Å². The lowest BCUT2D eigenvalue weighted by atomic mass is 9.57. The Morgan fingerprint density at radius 2 is 1.78 bits per heavy atom. The molecular formula is C19H31NO6S. The van der Waals surface area contributed by atoms with E-state index >= 15 is 0 Å². The van der Waals surface area contributed by atoms with E-state index in [1.807, 2.05) is 0 Å². The molecule has 1 aliphatic carbocycles. The molecule has 7 nitrogen and oxygen atoms in total. The van der Waals surface area contributed by atoms with E-state index in [-0.39, 0.29) is 29.6 Å². The lowest BCUT2D eigenvalue weighted by Gasteiger charge is -2.61. The Morgan fingerprint density at radius 3 is 2.52 bits per heavy atom. The van der Waals surface area contributed by atoms with E-state index in [9.17, 15) is 8.42 Å². The molecule has 0 amide bonds. The van der Waals surface area contributed by atoms with Crippen molar-refractivity contribution >= 4 is 9.84 Å². The van der Waals surface area contributed by atoms with Gasteiger partial charge in [0.25, 0.3) is 0 Å². The van der Waals surface area contributed by atoms with E-state index in [0.717, 1.165) is 12.8 Å². The van der Waals surface area contributed by atoms with Gasteiger partial charge in [0.05, 0.1) is 18.1 Å². The fourth-order valence-electron chi connectivity index (χ4n) is 6.27. The van der Waals surface area contributed by atoms with Crippen molar-refractivity contribution in [2.45, 2.75) is 63.8 Å². The molecule has 8 heteroatoms. The maximum absolute atomic E-state index is 11.9. The molecule has 1 spiro atoms. The first kappa shape index (κ1) is 18.8. The molecule has 1 saturated carbocycles. The third kappa shape index (κ3) is 2.74. The van der Waals surface area contributed by atoms with Crippen molar-refractivity contribution in [3.05, 3.63) is 0 Å². The summed E-state index contributed by atoms with van der Waals surface area (Å²) in [6.07, 6.45) is 2.58. The largest absolute Gasteiger partial charge is 0.346 e. The summed E-state index contributed by atoms with van der Waals surface area (Å²) in [5.41, 5.74) is -0.976. The summed E-state index contributed by atoms with van der Waals surface area (Å²) in [5.74, 6) is 1.82. The van der Waals surface area contributed by atoms with Gasteiger partial charge >= 0.3 is 0 Å². The number of rotatable bonds is 1. The number of hydrogen-bond acceptors (Lipinski definition) is 7. The third-order valence-electron chi connectivity index (χ3n) is 7.81. The Hall–Kier alpha value is -0.250. The van der Waals surface area contributed by atoms with Gasteiger partial charge in [0, 0.05) is 30.8 Å². The van der Waals surface area contributed by atoms with Crippen molar-refractivity contribution < 1.29 is 27.7 Å². The Morgan fingerprint density at radius 1 is 1.04 bits per heavy atom. The minimum Gasteiger partial charge on any atom is -0.346 e. The molecule has 6 rings (SSSR count). The van der Waals surface area contributed by atoms with Crippen LogP contribution < -0.4 is 0 Å². The second-order valence-corrected chi connectivity index (χ2v) is 12.0. The van der Waals surface area contributed by atoms with Gasteiger partial charge in [-0.25, -0.2) is 18.2 Å². The van der Waals surface area contributed by atoms with E-state index < -0.39 is 27.3 Å². The van der Waals surface area contributed by atoms with Gasteiger partial charge in [-0.1, -0.05) is 13.8 Å². The SMILES string of the molecule is CC1CCC2C(C)C(N3CCS(=O)(=O)CC3)OC3OC[C@@]4(C)CC1[C@]32OO4. The summed E-state index contributed by atoms with van der Waals surface area (Å²) in [4.78, 5) is 14.3. The van der Waals surface area contributed by atoms with Gasteiger partial charge in [-0.05, 0) is 32.1 Å². The smallest absolute Gasteiger partial charge is 0.192 e. The summed E-state index contributed by atoms with van der Waals surface area (Å²) in [7, 11) is -2.92. The van der Waals surface area contributed by atoms with Gasteiger partial charge < -0.3 is 9.47 Å². The van der Waals surface area contributed by atoms with Crippen LogP contribution in [0, 0.1) is 23.7 Å². The molecular weight excluding hydrogens is 370 g/mol. The van der Waals surface area contributed by atoms with Gasteiger partial charge in [-0.2, -0.15) is 0 Å². The zero-order valence-electron chi connectivity index (χ0n) is 16.4. The lowest BCUT2D eigenvalue weighted by Crippen LogP contribution is -2.71. The molecule has 0 aromatic rings. The van der Waals surface area contributed by atoms with Gasteiger partial charge in [-0.3, -0.25) is 4.90 Å². The highest BCUT2D eigenvalue weighted by atomic mass is 32.2. The van der Waals surface area contributed by atoms with Crippen LogP contribution in [0.1, 0.15) is 40.0 Å². The molecule has 154 valence electrons. The minimum atomic E-state index is -2.92. The quantitative estimate of drug-likeness (QED) is 0.618. The molecule has 0 N–H and O–H groups in total. The van der Waals surface area contributed by atoms with E-state index in [0.29, 0.717) is 31.5 Å². The lowest BCUT2D eigenvalue weighted by molar-refractivity contribution is -0.491. The van der Waals surface area contributed by atoms with Gasteiger partial charge in [0.1, 0.15) is 11.8 Å². The summed E-state index contributed by atoms with van der Waals surface area (Å²) >= 11 is 0. The van der Waals surface area contributed by atoms with E-state index in [2.05, 4.69) is 25.7 Å². The van der Waals surface area contributed by atoms with Crippen molar-refractivity contribution in [2.75, 3.05) is 31.2 Å². The van der Waals surface area contributed by atoms with Crippen molar-refractivity contribution in [1.82, 2.24) is 4.90 Å².